The maximum Gasteiger partial charge on any atom is 0.269 e. The highest BCUT2D eigenvalue weighted by molar-refractivity contribution is 9.10. The van der Waals surface area contributed by atoms with Crippen LogP contribution in [0, 0.1) is 10.1 Å². The molecular weight excluding hydrogens is 472 g/mol. The lowest BCUT2D eigenvalue weighted by Crippen LogP contribution is -2.36. The Balaban J connectivity index is 1.59. The molecule has 0 bridgehead atoms. The molecule has 2 aromatic carbocycles. The van der Waals surface area contributed by atoms with Crippen molar-refractivity contribution in [3.63, 3.8) is 0 Å². The number of nitro groups is 1. The number of rotatable bonds is 6. The van der Waals surface area contributed by atoms with Crippen molar-refractivity contribution in [3.05, 3.63) is 91.1 Å². The minimum Gasteiger partial charge on any atom is -0.378 e. The van der Waals surface area contributed by atoms with E-state index in [1.165, 1.54) is 11.3 Å². The zero-order valence-electron chi connectivity index (χ0n) is 17.5. The van der Waals surface area contributed by atoms with Gasteiger partial charge in [-0.3, -0.25) is 10.1 Å². The smallest absolute Gasteiger partial charge is 0.269 e. The maximum absolute atomic E-state index is 10.9. The fraction of sp³-hybridized carbons (Fsp3) is 0.250. The normalized spacial score (nSPS) is 18.4. The molecule has 1 aliphatic heterocycles. The third-order valence-corrected chi connectivity index (χ3v) is 5.87. The highest BCUT2D eigenvalue weighted by atomic mass is 79.9. The summed E-state index contributed by atoms with van der Waals surface area (Å²) >= 11 is 3.46. The Hall–Kier alpha value is -3.10. The van der Waals surface area contributed by atoms with Crippen LogP contribution in [0.25, 0.3) is 6.08 Å². The summed E-state index contributed by atoms with van der Waals surface area (Å²) in [4.78, 5) is 12.9. The van der Waals surface area contributed by atoms with Gasteiger partial charge in [-0.1, -0.05) is 28.1 Å². The average Bonchev–Trinajstić information content (AvgIpc) is 3.20. The fourth-order valence-corrected chi connectivity index (χ4v) is 4.27. The molecule has 0 atom stereocenters. The van der Waals surface area contributed by atoms with E-state index in [0.29, 0.717) is 13.2 Å². The molecule has 0 saturated carbocycles. The minimum absolute atomic E-state index is 0.0960. The predicted molar refractivity (Wildman–Crippen MR) is 130 cm³/mol. The van der Waals surface area contributed by atoms with Gasteiger partial charge in [0.1, 0.15) is 0 Å². The van der Waals surface area contributed by atoms with Gasteiger partial charge in [-0.25, -0.2) is 0 Å². The molecule has 2 aliphatic rings. The standard InChI is InChI=1S/C24H23BrN4O3/c25-22-3-1-2-19(15-22)16-26-27-17-21-7-6-20(24(21)28-10-12-32-13-11-28)14-18-4-8-23(9-5-18)29(30)31/h1-5,8-9,14-17H,6-7,10-13H2/b20-14-,26-16+,27-17+. The minimum atomic E-state index is -0.380. The molecule has 0 unspecified atom stereocenters. The van der Waals surface area contributed by atoms with Gasteiger partial charge in [0.15, 0.2) is 0 Å². The summed E-state index contributed by atoms with van der Waals surface area (Å²) in [7, 11) is 0. The highest BCUT2D eigenvalue weighted by Crippen LogP contribution is 2.35. The predicted octanol–water partition coefficient (Wildman–Crippen LogP) is 5.23. The largest absolute Gasteiger partial charge is 0.378 e. The lowest BCUT2D eigenvalue weighted by Gasteiger charge is -2.31. The number of ether oxygens (including phenoxy) is 1. The Morgan fingerprint density at radius 3 is 2.47 bits per heavy atom. The first-order valence-corrected chi connectivity index (χ1v) is 11.2. The van der Waals surface area contributed by atoms with Crippen LogP contribution in [0.3, 0.4) is 0 Å². The van der Waals surface area contributed by atoms with E-state index in [0.717, 1.165) is 47.1 Å². The van der Waals surface area contributed by atoms with E-state index in [2.05, 4.69) is 37.1 Å². The summed E-state index contributed by atoms with van der Waals surface area (Å²) in [5.74, 6) is 0. The first-order chi connectivity index (χ1) is 15.6. The van der Waals surface area contributed by atoms with Crippen LogP contribution in [-0.4, -0.2) is 48.6 Å². The van der Waals surface area contributed by atoms with Crippen molar-refractivity contribution in [2.24, 2.45) is 10.2 Å². The molecule has 0 N–H and O–H groups in total. The van der Waals surface area contributed by atoms with E-state index in [-0.39, 0.29) is 10.6 Å². The monoisotopic (exact) mass is 494 g/mol. The Morgan fingerprint density at radius 1 is 1.00 bits per heavy atom. The van der Waals surface area contributed by atoms with Gasteiger partial charge in [-0.15, -0.1) is 0 Å². The van der Waals surface area contributed by atoms with E-state index >= 15 is 0 Å². The molecule has 1 heterocycles. The Labute approximate surface area is 195 Å². The van der Waals surface area contributed by atoms with Crippen LogP contribution in [0.5, 0.6) is 0 Å². The van der Waals surface area contributed by atoms with E-state index < -0.39 is 0 Å². The van der Waals surface area contributed by atoms with Gasteiger partial charge in [0.2, 0.25) is 0 Å². The van der Waals surface area contributed by atoms with Gasteiger partial charge in [-0.2, -0.15) is 10.2 Å². The average molecular weight is 495 g/mol. The second-order valence-corrected chi connectivity index (χ2v) is 8.45. The van der Waals surface area contributed by atoms with Crippen molar-refractivity contribution in [1.29, 1.82) is 0 Å². The van der Waals surface area contributed by atoms with Crippen molar-refractivity contribution in [3.8, 4) is 0 Å². The van der Waals surface area contributed by atoms with Crippen molar-refractivity contribution in [1.82, 2.24) is 4.90 Å². The third kappa shape index (κ3) is 5.57. The second-order valence-electron chi connectivity index (χ2n) is 7.54. The molecule has 1 aliphatic carbocycles. The molecule has 32 heavy (non-hydrogen) atoms. The highest BCUT2D eigenvalue weighted by Gasteiger charge is 2.25. The number of halogens is 1. The van der Waals surface area contributed by atoms with Gasteiger partial charge in [0.25, 0.3) is 5.69 Å². The van der Waals surface area contributed by atoms with Crippen molar-refractivity contribution in [2.45, 2.75) is 12.8 Å². The van der Waals surface area contributed by atoms with Crippen LogP contribution in [0.15, 0.2) is 80.0 Å². The van der Waals surface area contributed by atoms with Crippen LogP contribution in [0.1, 0.15) is 24.0 Å². The molecule has 2 aromatic rings. The van der Waals surface area contributed by atoms with Crippen molar-refractivity contribution < 1.29 is 9.66 Å². The van der Waals surface area contributed by atoms with Crippen LogP contribution in [0.4, 0.5) is 5.69 Å². The van der Waals surface area contributed by atoms with E-state index in [1.54, 1.807) is 30.5 Å². The number of allylic oxidation sites excluding steroid dienone is 2. The number of morpholine rings is 1. The molecule has 1 fully saturated rings. The zero-order chi connectivity index (χ0) is 22.3. The van der Waals surface area contributed by atoms with E-state index in [1.807, 2.05) is 30.5 Å². The molecule has 0 aromatic heterocycles. The number of nitrogens with zero attached hydrogens (tertiary/aromatic N) is 4. The van der Waals surface area contributed by atoms with E-state index in [9.17, 15) is 10.1 Å². The molecule has 164 valence electrons. The van der Waals surface area contributed by atoms with Gasteiger partial charge in [-0.05, 0) is 65.5 Å². The van der Waals surface area contributed by atoms with Gasteiger partial charge in [0, 0.05) is 35.4 Å². The van der Waals surface area contributed by atoms with Crippen LogP contribution >= 0.6 is 15.9 Å². The molecule has 1 saturated heterocycles. The molecule has 7 nitrogen and oxygen atoms in total. The Morgan fingerprint density at radius 2 is 1.75 bits per heavy atom. The third-order valence-electron chi connectivity index (χ3n) is 5.38. The van der Waals surface area contributed by atoms with Gasteiger partial charge in [0.05, 0.1) is 30.6 Å². The fourth-order valence-electron chi connectivity index (χ4n) is 3.86. The van der Waals surface area contributed by atoms with E-state index in [4.69, 9.17) is 4.74 Å². The maximum atomic E-state index is 10.9. The lowest BCUT2D eigenvalue weighted by molar-refractivity contribution is -0.384. The van der Waals surface area contributed by atoms with Crippen molar-refractivity contribution in [2.75, 3.05) is 26.3 Å². The van der Waals surface area contributed by atoms with Crippen LogP contribution < -0.4 is 0 Å². The summed E-state index contributed by atoms with van der Waals surface area (Å²) < 4.78 is 6.53. The van der Waals surface area contributed by atoms with Gasteiger partial charge < -0.3 is 9.64 Å². The topological polar surface area (TPSA) is 80.3 Å². The number of nitro benzene ring substituents is 1. The summed E-state index contributed by atoms with van der Waals surface area (Å²) in [6, 6.07) is 14.5. The molecule has 0 spiro atoms. The number of benzene rings is 2. The first kappa shape index (κ1) is 22.1. The molecule has 8 heteroatoms. The summed E-state index contributed by atoms with van der Waals surface area (Å²) in [6.45, 7) is 3.04. The Bertz CT molecular complexity index is 1100. The lowest BCUT2D eigenvalue weighted by atomic mass is 10.1. The van der Waals surface area contributed by atoms with Crippen LogP contribution in [0.2, 0.25) is 0 Å². The molecule has 4 rings (SSSR count). The summed E-state index contributed by atoms with van der Waals surface area (Å²) in [5.41, 5.74) is 5.54. The Kier molecular flexibility index (Phi) is 7.24. The second kappa shape index (κ2) is 10.5. The number of non-ortho nitro benzene ring substituents is 1. The summed E-state index contributed by atoms with van der Waals surface area (Å²) in [6.07, 6.45) is 7.46. The quantitative estimate of drug-likeness (QED) is 0.313. The number of hydrogen-bond donors (Lipinski definition) is 0. The van der Waals surface area contributed by atoms with Crippen LogP contribution in [-0.2, 0) is 4.74 Å². The number of hydrogen-bond acceptors (Lipinski definition) is 6. The first-order valence-electron chi connectivity index (χ1n) is 10.4. The SMILES string of the molecule is O=[N+]([O-])c1ccc(/C=C2/CCC(/C=N/N=C/c3cccc(Br)c3)=C2N2CCOCC2)cc1. The molecule has 0 radical (unpaired) electrons. The molecular formula is C24H23BrN4O3. The summed E-state index contributed by atoms with van der Waals surface area (Å²) in [5, 5.41) is 19.5. The zero-order valence-corrected chi connectivity index (χ0v) is 19.1. The molecule has 0 amide bonds. The van der Waals surface area contributed by atoms with Gasteiger partial charge >= 0.3 is 0 Å². The van der Waals surface area contributed by atoms with Crippen molar-refractivity contribution >= 4 is 40.1 Å².